The van der Waals surface area contributed by atoms with Crippen molar-refractivity contribution >= 4 is 23.5 Å². The van der Waals surface area contributed by atoms with Gasteiger partial charge in [0, 0.05) is 41.2 Å². The van der Waals surface area contributed by atoms with Crippen LogP contribution >= 0.6 is 0 Å². The first-order valence-corrected chi connectivity index (χ1v) is 12.6. The number of benzene rings is 2. The van der Waals surface area contributed by atoms with Gasteiger partial charge in [0.05, 0.1) is 30.9 Å². The molecular weight excluding hydrogens is 474 g/mol. The molecule has 0 bridgehead atoms. The summed E-state index contributed by atoms with van der Waals surface area (Å²) in [4.78, 5) is 37.2. The van der Waals surface area contributed by atoms with E-state index >= 15 is 0 Å². The lowest BCUT2D eigenvalue weighted by atomic mass is 9.86. The number of nitriles is 1. The van der Waals surface area contributed by atoms with E-state index in [4.69, 9.17) is 14.6 Å². The van der Waals surface area contributed by atoms with Crippen molar-refractivity contribution in [2.45, 2.75) is 50.0 Å². The minimum Gasteiger partial charge on any atom is -0.493 e. The van der Waals surface area contributed by atoms with Crippen molar-refractivity contribution in [2.75, 3.05) is 25.1 Å². The quantitative estimate of drug-likeness (QED) is 0.503. The van der Waals surface area contributed by atoms with Crippen molar-refractivity contribution in [3.63, 3.8) is 0 Å². The maximum Gasteiger partial charge on any atom is 0.303 e. The average molecular weight is 504 g/mol. The topological polar surface area (TPSA) is 138 Å². The summed E-state index contributed by atoms with van der Waals surface area (Å²) in [5, 5.41) is 24.3. The molecule has 192 valence electrons. The second kappa shape index (κ2) is 10.2. The Kier molecular flexibility index (Phi) is 6.85. The molecule has 3 aliphatic rings. The van der Waals surface area contributed by atoms with Crippen LogP contribution in [-0.2, 0) is 26.2 Å². The van der Waals surface area contributed by atoms with E-state index in [1.165, 1.54) is 0 Å². The summed E-state index contributed by atoms with van der Waals surface area (Å²) in [5.41, 5.74) is 2.76. The fourth-order valence-corrected chi connectivity index (χ4v) is 5.43. The summed E-state index contributed by atoms with van der Waals surface area (Å²) in [6.07, 6.45) is 3.04. The van der Waals surface area contributed by atoms with Crippen molar-refractivity contribution in [1.29, 1.82) is 5.26 Å². The molecule has 2 aromatic rings. The lowest BCUT2D eigenvalue weighted by Crippen LogP contribution is -2.35. The zero-order valence-electron chi connectivity index (χ0n) is 20.4. The fraction of sp³-hybridized carbons (Fsp3) is 0.429. The molecule has 3 N–H and O–H groups in total. The highest BCUT2D eigenvalue weighted by Gasteiger charge is 2.61. The molecule has 2 aliphatic heterocycles. The third-order valence-corrected chi connectivity index (χ3v) is 7.57. The van der Waals surface area contributed by atoms with E-state index in [0.717, 1.165) is 17.5 Å². The maximum atomic E-state index is 13.4. The van der Waals surface area contributed by atoms with Gasteiger partial charge in [0.15, 0.2) is 0 Å². The van der Waals surface area contributed by atoms with Crippen molar-refractivity contribution in [3.05, 3.63) is 58.7 Å². The van der Waals surface area contributed by atoms with Crippen LogP contribution in [0.5, 0.6) is 5.75 Å². The summed E-state index contributed by atoms with van der Waals surface area (Å²) < 4.78 is 11.2. The summed E-state index contributed by atoms with van der Waals surface area (Å²) in [6, 6.07) is 12.6. The molecule has 1 saturated carbocycles. The monoisotopic (exact) mass is 503 g/mol. The first-order chi connectivity index (χ1) is 17.9. The first-order valence-electron chi connectivity index (χ1n) is 12.6. The van der Waals surface area contributed by atoms with E-state index in [2.05, 4.69) is 16.7 Å². The molecular formula is C28H29N3O6. The lowest BCUT2D eigenvalue weighted by molar-refractivity contribution is -0.137. The third-order valence-electron chi connectivity index (χ3n) is 7.57. The van der Waals surface area contributed by atoms with Crippen LogP contribution in [0.15, 0.2) is 36.4 Å². The number of anilines is 1. The first kappa shape index (κ1) is 24.8. The molecule has 1 saturated heterocycles. The summed E-state index contributed by atoms with van der Waals surface area (Å²) >= 11 is 0. The number of aryl methyl sites for hydroxylation is 1. The Morgan fingerprint density at radius 3 is 2.78 bits per heavy atom. The molecule has 2 heterocycles. The Labute approximate surface area is 214 Å². The lowest BCUT2D eigenvalue weighted by Gasteiger charge is -2.27. The van der Waals surface area contributed by atoms with Crippen LogP contribution in [0.2, 0.25) is 0 Å². The number of fused-ring (bicyclic) bond motifs is 2. The van der Waals surface area contributed by atoms with E-state index in [1.807, 2.05) is 6.07 Å². The van der Waals surface area contributed by atoms with E-state index in [-0.39, 0.29) is 30.2 Å². The standard InChI is InChI=1S/C28H29N3O6/c29-15-17-4-5-18(2-1-3-25(32)33)23(12-17)31-27(35)22-14-28(22)9-11-37-24-7-6-19(13-21(24)28)26(34)30-20-8-10-36-16-20/h4-7,12-13,20,22H,1-3,8-11,14,16H2,(H,30,34)(H,31,35)(H,32,33)/t20-,22+,28+/m1/s1. The molecule has 1 spiro atoms. The molecule has 2 aromatic carbocycles. The van der Waals surface area contributed by atoms with Crippen LogP contribution in [0.25, 0.3) is 0 Å². The van der Waals surface area contributed by atoms with Crippen LogP contribution < -0.4 is 15.4 Å². The number of ether oxygens (including phenoxy) is 2. The van der Waals surface area contributed by atoms with E-state index in [0.29, 0.717) is 68.1 Å². The zero-order valence-corrected chi connectivity index (χ0v) is 20.4. The van der Waals surface area contributed by atoms with Gasteiger partial charge >= 0.3 is 5.97 Å². The summed E-state index contributed by atoms with van der Waals surface area (Å²) in [6.45, 7) is 1.64. The Morgan fingerprint density at radius 1 is 1.16 bits per heavy atom. The van der Waals surface area contributed by atoms with Gasteiger partial charge < -0.3 is 25.2 Å². The molecule has 0 aromatic heterocycles. The number of nitrogens with one attached hydrogen (secondary N) is 2. The number of hydrogen-bond donors (Lipinski definition) is 3. The van der Waals surface area contributed by atoms with Crippen LogP contribution in [0.4, 0.5) is 5.69 Å². The SMILES string of the molecule is N#Cc1ccc(CCCC(=O)O)c(NC(=O)[C@@H]2C[C@]23CCOc2ccc(C(=O)N[C@@H]4CCOC4)cc23)c1. The van der Waals surface area contributed by atoms with Crippen molar-refractivity contribution < 1.29 is 29.0 Å². The molecule has 37 heavy (non-hydrogen) atoms. The Balaban J connectivity index is 1.33. The van der Waals surface area contributed by atoms with Crippen LogP contribution in [-0.4, -0.2) is 48.8 Å². The summed E-state index contributed by atoms with van der Waals surface area (Å²) in [7, 11) is 0. The van der Waals surface area contributed by atoms with Gasteiger partial charge in [0.25, 0.3) is 5.91 Å². The summed E-state index contributed by atoms with van der Waals surface area (Å²) in [5.74, 6) is -0.792. The highest BCUT2D eigenvalue weighted by molar-refractivity contribution is 5.98. The minimum absolute atomic E-state index is 0.00191. The predicted molar refractivity (Wildman–Crippen MR) is 133 cm³/mol. The van der Waals surface area contributed by atoms with Gasteiger partial charge in [-0.3, -0.25) is 14.4 Å². The predicted octanol–water partition coefficient (Wildman–Crippen LogP) is 3.16. The molecule has 0 unspecified atom stereocenters. The van der Waals surface area contributed by atoms with Crippen molar-refractivity contribution in [3.8, 4) is 11.8 Å². The highest BCUT2D eigenvalue weighted by Crippen LogP contribution is 2.61. The van der Waals surface area contributed by atoms with Gasteiger partial charge in [-0.05, 0) is 68.0 Å². The van der Waals surface area contributed by atoms with E-state index in [1.54, 1.807) is 30.3 Å². The number of aliphatic carboxylic acids is 1. The van der Waals surface area contributed by atoms with Crippen molar-refractivity contribution in [2.24, 2.45) is 5.92 Å². The zero-order chi connectivity index (χ0) is 26.0. The molecule has 3 atom stereocenters. The molecule has 9 nitrogen and oxygen atoms in total. The van der Waals surface area contributed by atoms with Gasteiger partial charge in [-0.15, -0.1) is 0 Å². The van der Waals surface area contributed by atoms with Crippen LogP contribution in [0, 0.1) is 17.2 Å². The number of carboxylic acid groups (broad SMARTS) is 1. The molecule has 0 radical (unpaired) electrons. The van der Waals surface area contributed by atoms with Gasteiger partial charge in [-0.2, -0.15) is 5.26 Å². The minimum atomic E-state index is -0.873. The van der Waals surface area contributed by atoms with Gasteiger partial charge in [-0.25, -0.2) is 0 Å². The van der Waals surface area contributed by atoms with E-state index < -0.39 is 11.4 Å². The van der Waals surface area contributed by atoms with Gasteiger partial charge in [0.2, 0.25) is 5.91 Å². The Hall–Kier alpha value is -3.90. The Bertz CT molecular complexity index is 1280. The van der Waals surface area contributed by atoms with Crippen LogP contribution in [0.1, 0.15) is 59.2 Å². The van der Waals surface area contributed by atoms with Crippen LogP contribution in [0.3, 0.4) is 0 Å². The normalized spacial score (nSPS) is 23.4. The third kappa shape index (κ3) is 5.16. The fourth-order valence-electron chi connectivity index (χ4n) is 5.43. The number of nitrogens with zero attached hydrogens (tertiary/aromatic N) is 1. The number of amides is 2. The number of carboxylic acids is 1. The molecule has 9 heteroatoms. The number of hydrogen-bond acceptors (Lipinski definition) is 6. The largest absolute Gasteiger partial charge is 0.493 e. The second-order valence-corrected chi connectivity index (χ2v) is 9.98. The smallest absolute Gasteiger partial charge is 0.303 e. The number of rotatable bonds is 8. The maximum absolute atomic E-state index is 13.4. The van der Waals surface area contributed by atoms with E-state index in [9.17, 15) is 19.6 Å². The molecule has 5 rings (SSSR count). The highest BCUT2D eigenvalue weighted by atomic mass is 16.5. The second-order valence-electron chi connectivity index (χ2n) is 9.98. The van der Waals surface area contributed by atoms with Crippen molar-refractivity contribution in [1.82, 2.24) is 5.32 Å². The molecule has 1 aliphatic carbocycles. The molecule has 2 fully saturated rings. The average Bonchev–Trinajstić information content (AvgIpc) is 3.37. The van der Waals surface area contributed by atoms with Gasteiger partial charge in [0.1, 0.15) is 5.75 Å². The van der Waals surface area contributed by atoms with Gasteiger partial charge in [-0.1, -0.05) is 6.07 Å². The number of carbonyl (C=O) groups excluding carboxylic acids is 2. The molecule has 2 amide bonds. The Morgan fingerprint density at radius 2 is 2.03 bits per heavy atom. The number of carbonyl (C=O) groups is 3.